The van der Waals surface area contributed by atoms with Crippen LogP contribution in [0, 0.1) is 0 Å². The van der Waals surface area contributed by atoms with Crippen LogP contribution in [0.3, 0.4) is 0 Å². The van der Waals surface area contributed by atoms with Crippen LogP contribution < -0.4 is 0 Å². The van der Waals surface area contributed by atoms with E-state index in [0.717, 1.165) is 0 Å². The molecule has 32 heteroatoms. The van der Waals surface area contributed by atoms with Crippen molar-refractivity contribution in [3.05, 3.63) is 0 Å². The summed E-state index contributed by atoms with van der Waals surface area (Å²) >= 11 is -0.478. The van der Waals surface area contributed by atoms with Gasteiger partial charge in [-0.05, 0) is 5.75 Å². The molecule has 0 heterocycles. The number of aliphatic carboxylic acids is 1. The normalized spacial score (nSPS) is 16.6. The molecule has 0 amide bonds. The van der Waals surface area contributed by atoms with Crippen molar-refractivity contribution in [2.75, 3.05) is 11.5 Å². The Morgan fingerprint density at radius 3 is 0.760 bits per heavy atom. The maximum absolute atomic E-state index is 13.8. The van der Waals surface area contributed by atoms with Crippen molar-refractivity contribution in [2.24, 2.45) is 0 Å². The topological polar surface area (TPSA) is 37.3 Å². The lowest BCUT2D eigenvalue weighted by Gasteiger charge is -2.46. The molecule has 0 bridgehead atoms. The third-order valence-corrected chi connectivity index (χ3v) is 6.88. The number of hydrogen-bond acceptors (Lipinski definition) is 2. The van der Waals surface area contributed by atoms with E-state index in [9.17, 15) is 132 Å². The summed E-state index contributed by atoms with van der Waals surface area (Å²) in [7, 11) is 0. The van der Waals surface area contributed by atoms with E-state index in [0.29, 0.717) is 0 Å². The Bertz CT molecular complexity index is 1230. The largest absolute Gasteiger partial charge is 0.481 e. The van der Waals surface area contributed by atoms with E-state index in [2.05, 4.69) is 0 Å². The highest BCUT2D eigenvalue weighted by Gasteiger charge is 3.00. The number of carbonyl (C=O) groups is 1. The van der Waals surface area contributed by atoms with Gasteiger partial charge in [0, 0.05) is 6.42 Å². The molecule has 0 aliphatic rings. The van der Waals surface area contributed by atoms with Gasteiger partial charge in [0.1, 0.15) is 0 Å². The van der Waals surface area contributed by atoms with Crippen molar-refractivity contribution in [3.8, 4) is 0 Å². The van der Waals surface area contributed by atoms with E-state index in [1.807, 2.05) is 0 Å². The summed E-state index contributed by atoms with van der Waals surface area (Å²) in [4.78, 5) is 10.2. The van der Waals surface area contributed by atoms with Gasteiger partial charge in [0.25, 0.3) is 0 Å². The van der Waals surface area contributed by atoms with E-state index in [1.54, 1.807) is 0 Å². The monoisotopic (exact) mass is 838 g/mol. The van der Waals surface area contributed by atoms with E-state index in [4.69, 9.17) is 5.11 Å². The summed E-state index contributed by atoms with van der Waals surface area (Å²) in [5.74, 6) is -126. The Balaban J connectivity index is 7.35. The highest BCUT2D eigenvalue weighted by atomic mass is 32.2. The first-order valence-corrected chi connectivity index (χ1v) is 12.1. The van der Waals surface area contributed by atoms with Crippen LogP contribution in [0.5, 0.6) is 0 Å². The smallest absolute Gasteiger partial charge is 0.460 e. The summed E-state index contributed by atoms with van der Waals surface area (Å²) in [5, 5.41) is 8.18. The molecule has 0 spiro atoms. The van der Waals surface area contributed by atoms with Gasteiger partial charge in [-0.25, -0.2) is 0 Å². The van der Waals surface area contributed by atoms with E-state index in [1.165, 1.54) is 0 Å². The lowest BCUT2D eigenvalue weighted by atomic mass is 9.83. The summed E-state index contributed by atoms with van der Waals surface area (Å²) < 4.78 is 390. The molecular formula is C18H7F29O2S. The van der Waals surface area contributed by atoms with Crippen LogP contribution in [0.2, 0.25) is 0 Å². The molecule has 0 saturated carbocycles. The maximum atomic E-state index is 13.8. The minimum atomic E-state index is -9.96. The lowest BCUT2D eigenvalue weighted by molar-refractivity contribution is -0.487. The average molecular weight is 838 g/mol. The number of thioether (sulfide) groups is 1. The second-order valence-electron chi connectivity index (χ2n) is 9.29. The van der Waals surface area contributed by atoms with Gasteiger partial charge in [-0.1, -0.05) is 0 Å². The highest BCUT2D eigenvalue weighted by Crippen LogP contribution is 2.69. The fraction of sp³-hybridized carbons (Fsp3) is 0.944. The van der Waals surface area contributed by atoms with Gasteiger partial charge in [-0.3, -0.25) is 4.79 Å². The Morgan fingerprint density at radius 2 is 0.560 bits per heavy atom. The number of alkyl halides is 29. The van der Waals surface area contributed by atoms with Crippen LogP contribution in [0.15, 0.2) is 0 Å². The Kier molecular flexibility index (Phi) is 11.9. The molecule has 0 fully saturated rings. The standard InChI is InChI=1S/C18H7F29O2S/c19-5(20,1-2-50-3-4(48)49)6(21,22)7(23,24)8(25,26)9(27,28)10(29,30)11(31,32)12(33,34)13(35,36)14(37,38)15(39,40)16(41,42)17(43,44)18(45,46)47/h1-3H2,(H,48,49). The molecule has 0 aromatic rings. The molecule has 0 unspecified atom stereocenters. The van der Waals surface area contributed by atoms with Crippen LogP contribution in [0.25, 0.3) is 0 Å². The fourth-order valence-corrected chi connectivity index (χ4v) is 3.62. The minimum Gasteiger partial charge on any atom is -0.481 e. The van der Waals surface area contributed by atoms with Crippen molar-refractivity contribution < 1.29 is 137 Å². The number of halogens is 29. The number of hydrogen-bond donors (Lipinski definition) is 1. The van der Waals surface area contributed by atoms with Crippen molar-refractivity contribution in [2.45, 2.75) is 89.6 Å². The summed E-state index contributed by atoms with van der Waals surface area (Å²) in [6, 6.07) is 0. The first kappa shape index (κ1) is 47.8. The second kappa shape index (κ2) is 12.4. The average Bonchev–Trinajstić information content (AvgIpc) is 2.88. The minimum absolute atomic E-state index is 0.478. The Morgan fingerprint density at radius 1 is 0.360 bits per heavy atom. The maximum Gasteiger partial charge on any atom is 0.460 e. The van der Waals surface area contributed by atoms with Crippen LogP contribution in [-0.2, 0) is 4.79 Å². The predicted octanol–water partition coefficient (Wildman–Crippen LogP) is 10.0. The zero-order valence-corrected chi connectivity index (χ0v) is 22.7. The zero-order valence-electron chi connectivity index (χ0n) is 21.8. The van der Waals surface area contributed by atoms with Crippen molar-refractivity contribution in [3.63, 3.8) is 0 Å². The van der Waals surface area contributed by atoms with E-state index in [-0.39, 0.29) is 0 Å². The van der Waals surface area contributed by atoms with Gasteiger partial charge in [-0.2, -0.15) is 127 Å². The molecule has 0 aliphatic carbocycles. The molecule has 50 heavy (non-hydrogen) atoms. The first-order chi connectivity index (χ1) is 21.2. The molecule has 0 rings (SSSR count). The van der Waals surface area contributed by atoms with Gasteiger partial charge < -0.3 is 5.11 Å². The molecule has 300 valence electrons. The molecule has 0 aliphatic heterocycles. The molecule has 1 N–H and O–H groups in total. The SMILES string of the molecule is O=C(O)CSCCC(F)(F)C(F)(F)C(F)(F)C(F)(F)C(F)(F)C(F)(F)C(F)(F)C(F)(F)C(F)(F)C(F)(F)C(F)(F)C(F)(F)C(F)(F)C(F)(F)F. The van der Waals surface area contributed by atoms with Gasteiger partial charge >= 0.3 is 89.1 Å². The van der Waals surface area contributed by atoms with Crippen molar-refractivity contribution >= 4 is 17.7 Å². The fourth-order valence-electron chi connectivity index (χ4n) is 2.90. The summed E-state index contributed by atoms with van der Waals surface area (Å²) in [5.41, 5.74) is 0. The van der Waals surface area contributed by atoms with Gasteiger partial charge in [0.2, 0.25) is 0 Å². The van der Waals surface area contributed by atoms with E-state index >= 15 is 0 Å². The van der Waals surface area contributed by atoms with Crippen LogP contribution in [0.1, 0.15) is 6.42 Å². The van der Waals surface area contributed by atoms with Gasteiger partial charge in [0.05, 0.1) is 5.75 Å². The number of carboxylic acids is 1. The van der Waals surface area contributed by atoms with Crippen LogP contribution in [-0.4, -0.2) is 106 Å². The molecule has 2 nitrogen and oxygen atoms in total. The summed E-state index contributed by atoms with van der Waals surface area (Å²) in [6.45, 7) is 0. The number of carboxylic acid groups (broad SMARTS) is 1. The molecule has 0 aromatic heterocycles. The molecule has 0 aromatic carbocycles. The van der Waals surface area contributed by atoms with E-state index < -0.39 is 119 Å². The lowest BCUT2D eigenvalue weighted by Crippen LogP contribution is -2.79. The molecule has 0 saturated heterocycles. The molecular weight excluding hydrogens is 831 g/mol. The Labute approximate surface area is 257 Å². The van der Waals surface area contributed by atoms with Gasteiger partial charge in [0.15, 0.2) is 0 Å². The second-order valence-corrected chi connectivity index (χ2v) is 10.4. The third-order valence-electron chi connectivity index (χ3n) is 5.94. The van der Waals surface area contributed by atoms with Crippen LogP contribution in [0.4, 0.5) is 127 Å². The third kappa shape index (κ3) is 6.09. The van der Waals surface area contributed by atoms with Crippen molar-refractivity contribution in [1.82, 2.24) is 0 Å². The summed E-state index contributed by atoms with van der Waals surface area (Å²) in [6.07, 6.45) is -11.4. The molecule has 0 atom stereocenters. The predicted molar refractivity (Wildman–Crippen MR) is 99.9 cm³/mol. The van der Waals surface area contributed by atoms with Gasteiger partial charge in [-0.15, -0.1) is 11.8 Å². The number of rotatable bonds is 17. The van der Waals surface area contributed by atoms with Crippen LogP contribution >= 0.6 is 11.8 Å². The first-order valence-electron chi connectivity index (χ1n) is 10.9. The quantitative estimate of drug-likeness (QED) is 0.117. The zero-order chi connectivity index (χ0) is 41.4. The Hall–Kier alpha value is -2.21. The highest BCUT2D eigenvalue weighted by molar-refractivity contribution is 7.99. The molecule has 0 radical (unpaired) electrons. The van der Waals surface area contributed by atoms with Crippen molar-refractivity contribution in [1.29, 1.82) is 0 Å².